The monoisotopic (exact) mass is 437 g/mol. The fourth-order valence-corrected chi connectivity index (χ4v) is 3.51. The molecule has 3 heterocycles. The summed E-state index contributed by atoms with van der Waals surface area (Å²) in [5.74, 6) is 0.417. The number of unbranched alkanes of at least 4 members (excludes halogenated alkanes) is 2. The summed E-state index contributed by atoms with van der Waals surface area (Å²) in [6.07, 6.45) is 1.66. The van der Waals surface area contributed by atoms with Crippen LogP contribution in [0.15, 0.2) is 18.6 Å². The van der Waals surface area contributed by atoms with Crippen LogP contribution in [0.4, 0.5) is 5.82 Å². The zero-order chi connectivity index (χ0) is 22.4. The summed E-state index contributed by atoms with van der Waals surface area (Å²) in [5, 5.41) is 36.4. The van der Waals surface area contributed by atoms with Crippen LogP contribution >= 0.6 is 0 Å². The number of rotatable bonds is 11. The maximum atomic E-state index is 11.5. The van der Waals surface area contributed by atoms with E-state index in [9.17, 15) is 20.1 Å². The molecule has 0 spiro atoms. The van der Waals surface area contributed by atoms with Gasteiger partial charge in [-0.1, -0.05) is 0 Å². The lowest BCUT2D eigenvalue weighted by atomic mass is 10.1. The number of anilines is 1. The van der Waals surface area contributed by atoms with Gasteiger partial charge in [-0.25, -0.2) is 9.97 Å². The highest BCUT2D eigenvalue weighted by atomic mass is 16.6. The van der Waals surface area contributed by atoms with Crippen LogP contribution in [0.1, 0.15) is 25.5 Å². The maximum Gasteiger partial charge on any atom is 0.238 e. The van der Waals surface area contributed by atoms with Crippen LogP contribution in [0.2, 0.25) is 0 Å². The highest BCUT2D eigenvalue weighted by molar-refractivity contribution is 5.87. The first-order chi connectivity index (χ1) is 15.0. The summed E-state index contributed by atoms with van der Waals surface area (Å²) in [4.78, 5) is 20.1. The quantitative estimate of drug-likeness (QED) is 0.194. The second kappa shape index (κ2) is 10.8. The fourth-order valence-electron chi connectivity index (χ4n) is 3.51. The number of nitrogens with two attached hydrogens (primary N) is 2. The van der Waals surface area contributed by atoms with Crippen LogP contribution in [0.25, 0.3) is 11.0 Å². The van der Waals surface area contributed by atoms with Crippen molar-refractivity contribution in [3.8, 4) is 0 Å². The second-order valence-corrected chi connectivity index (χ2v) is 7.53. The molecule has 0 aromatic carbocycles. The van der Waals surface area contributed by atoms with Crippen molar-refractivity contribution >= 4 is 22.8 Å². The number of nitrogens with one attached hydrogen (secondary N) is 2. The summed E-state index contributed by atoms with van der Waals surface area (Å²) in [7, 11) is 0. The number of ether oxygens (including phenoxy) is 1. The Morgan fingerprint density at radius 2 is 2.00 bits per heavy atom. The third-order valence-corrected chi connectivity index (χ3v) is 5.34. The normalized spacial score (nSPS) is 24.4. The van der Waals surface area contributed by atoms with Crippen molar-refractivity contribution in [1.82, 2.24) is 19.9 Å². The molecule has 1 amide bonds. The first kappa shape index (κ1) is 23.3. The van der Waals surface area contributed by atoms with Gasteiger partial charge in [0.1, 0.15) is 36.1 Å². The van der Waals surface area contributed by atoms with Crippen molar-refractivity contribution in [2.24, 2.45) is 11.5 Å². The first-order valence-electron chi connectivity index (χ1n) is 10.4. The summed E-state index contributed by atoms with van der Waals surface area (Å²) < 4.78 is 7.22. The lowest BCUT2D eigenvalue weighted by Gasteiger charge is -2.17. The smallest absolute Gasteiger partial charge is 0.238 e. The van der Waals surface area contributed by atoms with E-state index in [-0.39, 0.29) is 19.1 Å². The van der Waals surface area contributed by atoms with Gasteiger partial charge < -0.3 is 46.7 Å². The van der Waals surface area contributed by atoms with Gasteiger partial charge in [-0.3, -0.25) is 4.79 Å². The van der Waals surface area contributed by atoms with Crippen molar-refractivity contribution < 1.29 is 24.9 Å². The van der Waals surface area contributed by atoms with Crippen LogP contribution < -0.4 is 22.1 Å². The SMILES string of the molecule is NC[C@H](N)C(=O)NCCCCCNc1ncnc2c1ccn2[C@@H]1O[C@H](CO)[C@@H](O)[C@H]1O. The van der Waals surface area contributed by atoms with Crippen molar-refractivity contribution in [3.63, 3.8) is 0 Å². The fraction of sp³-hybridized carbons (Fsp3) is 0.632. The third kappa shape index (κ3) is 5.29. The molecule has 1 fully saturated rings. The number of nitrogens with zero attached hydrogens (tertiary/aromatic N) is 3. The van der Waals surface area contributed by atoms with Gasteiger partial charge in [0.05, 0.1) is 18.0 Å². The molecule has 0 bridgehead atoms. The predicted molar refractivity (Wildman–Crippen MR) is 113 cm³/mol. The Labute approximate surface area is 179 Å². The van der Waals surface area contributed by atoms with Gasteiger partial charge in [0, 0.05) is 25.8 Å². The molecule has 2 aromatic heterocycles. The van der Waals surface area contributed by atoms with E-state index in [1.54, 1.807) is 10.8 Å². The average Bonchev–Trinajstić information content (AvgIpc) is 3.33. The first-order valence-corrected chi connectivity index (χ1v) is 10.4. The minimum absolute atomic E-state index is 0.124. The molecule has 12 heteroatoms. The minimum atomic E-state index is -1.18. The van der Waals surface area contributed by atoms with Gasteiger partial charge in [-0.15, -0.1) is 0 Å². The number of amides is 1. The molecule has 5 atom stereocenters. The molecular weight excluding hydrogens is 406 g/mol. The number of hydrogen-bond donors (Lipinski definition) is 7. The van der Waals surface area contributed by atoms with Crippen molar-refractivity contribution in [3.05, 3.63) is 18.6 Å². The van der Waals surface area contributed by atoms with Gasteiger partial charge in [-0.05, 0) is 25.3 Å². The minimum Gasteiger partial charge on any atom is -0.394 e. The predicted octanol–water partition coefficient (Wildman–Crippen LogP) is -1.97. The molecule has 1 saturated heterocycles. The molecule has 0 radical (unpaired) electrons. The molecule has 9 N–H and O–H groups in total. The molecule has 0 aliphatic carbocycles. The van der Waals surface area contributed by atoms with Gasteiger partial charge in [0.15, 0.2) is 6.23 Å². The van der Waals surface area contributed by atoms with E-state index in [4.69, 9.17) is 16.2 Å². The highest BCUT2D eigenvalue weighted by Gasteiger charge is 2.43. The van der Waals surface area contributed by atoms with Crippen LogP contribution in [0.3, 0.4) is 0 Å². The van der Waals surface area contributed by atoms with Gasteiger partial charge in [0.25, 0.3) is 0 Å². The zero-order valence-corrected chi connectivity index (χ0v) is 17.2. The van der Waals surface area contributed by atoms with Gasteiger partial charge >= 0.3 is 0 Å². The van der Waals surface area contributed by atoms with Gasteiger partial charge in [-0.2, -0.15) is 0 Å². The number of fused-ring (bicyclic) bond motifs is 1. The number of carbonyl (C=O) groups excluding carboxylic acids is 1. The lowest BCUT2D eigenvalue weighted by molar-refractivity contribution is -0.122. The topological polar surface area (TPSA) is 194 Å². The van der Waals surface area contributed by atoms with Crippen molar-refractivity contribution in [2.75, 3.05) is 31.6 Å². The second-order valence-electron chi connectivity index (χ2n) is 7.53. The molecule has 3 rings (SSSR count). The number of aromatic nitrogens is 3. The van der Waals surface area contributed by atoms with Crippen molar-refractivity contribution in [2.45, 2.75) is 49.8 Å². The van der Waals surface area contributed by atoms with E-state index in [1.165, 1.54) is 6.33 Å². The molecular formula is C19H31N7O5. The summed E-state index contributed by atoms with van der Waals surface area (Å²) in [6.45, 7) is 0.970. The summed E-state index contributed by atoms with van der Waals surface area (Å²) in [5.41, 5.74) is 11.5. The van der Waals surface area contributed by atoms with E-state index in [0.717, 1.165) is 24.6 Å². The Kier molecular flexibility index (Phi) is 8.12. The lowest BCUT2D eigenvalue weighted by Crippen LogP contribution is -2.45. The Morgan fingerprint density at radius 1 is 1.23 bits per heavy atom. The molecule has 0 unspecified atom stereocenters. The summed E-state index contributed by atoms with van der Waals surface area (Å²) >= 11 is 0. The Bertz CT molecular complexity index is 863. The number of hydrogen-bond acceptors (Lipinski definition) is 10. The number of aliphatic hydroxyl groups is 3. The Morgan fingerprint density at radius 3 is 2.71 bits per heavy atom. The standard InChI is InChI=1S/C19H31N7O5/c20-8-12(21)18(30)23-6-3-1-2-5-22-16-11-4-7-26(17(11)25-10-24-16)19-15(29)14(28)13(9-27)31-19/h4,7,10,12-15,19,27-29H,1-3,5-6,8-9,20-21H2,(H,23,30)(H,22,24,25)/t12-,13+,14+,15+,19+/m0/s1. The molecule has 172 valence electrons. The molecule has 2 aromatic rings. The molecule has 1 aliphatic rings. The molecule has 12 nitrogen and oxygen atoms in total. The highest BCUT2D eigenvalue weighted by Crippen LogP contribution is 2.32. The van der Waals surface area contributed by atoms with Crippen LogP contribution in [-0.4, -0.2) is 86.4 Å². The largest absolute Gasteiger partial charge is 0.394 e. The van der Waals surface area contributed by atoms with E-state index < -0.39 is 30.6 Å². The van der Waals surface area contributed by atoms with E-state index in [0.29, 0.717) is 24.6 Å². The molecule has 1 aliphatic heterocycles. The van der Waals surface area contributed by atoms with Crippen LogP contribution in [0.5, 0.6) is 0 Å². The Hall–Kier alpha value is -2.35. The van der Waals surface area contributed by atoms with E-state index in [2.05, 4.69) is 20.6 Å². The Balaban J connectivity index is 1.51. The maximum absolute atomic E-state index is 11.5. The third-order valence-electron chi connectivity index (χ3n) is 5.34. The van der Waals surface area contributed by atoms with Crippen molar-refractivity contribution in [1.29, 1.82) is 0 Å². The van der Waals surface area contributed by atoms with Crippen LogP contribution in [0, 0.1) is 0 Å². The molecule has 0 saturated carbocycles. The van der Waals surface area contributed by atoms with E-state index in [1.807, 2.05) is 6.07 Å². The zero-order valence-electron chi connectivity index (χ0n) is 17.2. The summed E-state index contributed by atoms with van der Waals surface area (Å²) in [6, 6.07) is 1.14. The van der Waals surface area contributed by atoms with Crippen LogP contribution in [-0.2, 0) is 9.53 Å². The molecule has 31 heavy (non-hydrogen) atoms. The van der Waals surface area contributed by atoms with E-state index >= 15 is 0 Å². The average molecular weight is 438 g/mol. The van der Waals surface area contributed by atoms with Gasteiger partial charge in [0.2, 0.25) is 5.91 Å². The number of aliphatic hydroxyl groups excluding tert-OH is 3. The number of carbonyl (C=O) groups is 1.